The molecular formula is C19H16Cl2F3N3O3. The Bertz CT molecular complexity index is 1100. The molecule has 2 N–H and O–H groups in total. The average molecular weight is 462 g/mol. The number of benzene rings is 2. The van der Waals surface area contributed by atoms with E-state index >= 15 is 0 Å². The van der Waals surface area contributed by atoms with Gasteiger partial charge in [-0.1, -0.05) is 23.2 Å². The lowest BCUT2D eigenvalue weighted by Crippen LogP contribution is -2.12. The minimum absolute atomic E-state index is 0.0181. The summed E-state index contributed by atoms with van der Waals surface area (Å²) in [6, 6.07) is 6.20. The number of nitrogens with one attached hydrogen (secondary N) is 1. The molecule has 1 heterocycles. The topological polar surface area (TPSA) is 76.4 Å². The third-order valence-corrected chi connectivity index (χ3v) is 4.86. The van der Waals surface area contributed by atoms with Crippen LogP contribution in [0.2, 0.25) is 10.0 Å². The molecule has 0 fully saturated rings. The summed E-state index contributed by atoms with van der Waals surface area (Å²) in [7, 11) is 1.21. The zero-order valence-corrected chi connectivity index (χ0v) is 17.1. The van der Waals surface area contributed by atoms with Crippen LogP contribution in [0.25, 0.3) is 11.0 Å². The summed E-state index contributed by atoms with van der Waals surface area (Å²) in [5, 5.41) is 12.0. The Kier molecular flexibility index (Phi) is 6.44. The number of hydrogen-bond acceptors (Lipinski definition) is 5. The lowest BCUT2D eigenvalue weighted by Gasteiger charge is -2.16. The van der Waals surface area contributed by atoms with Crippen LogP contribution in [0, 0.1) is 0 Å². The van der Waals surface area contributed by atoms with E-state index in [4.69, 9.17) is 27.9 Å². The molecule has 3 aromatic rings. The van der Waals surface area contributed by atoms with Crippen LogP contribution in [0.1, 0.15) is 22.3 Å². The molecule has 11 heteroatoms. The third-order valence-electron chi connectivity index (χ3n) is 4.32. The van der Waals surface area contributed by atoms with Crippen LogP contribution in [0.4, 0.5) is 24.8 Å². The molecule has 160 valence electrons. The Balaban J connectivity index is 2.22. The van der Waals surface area contributed by atoms with Crippen molar-refractivity contribution in [2.45, 2.75) is 19.1 Å². The summed E-state index contributed by atoms with van der Waals surface area (Å²) in [5.74, 6) is -0.639. The summed E-state index contributed by atoms with van der Waals surface area (Å²) in [6.07, 6.45) is -4.40. The molecule has 0 aliphatic rings. The SMILES string of the molecule is COC(=O)c1ccc(Cl)c2nc(Nc3ccc(Cl)cc3C(F)(F)F)n(CCCO)c12. The number of methoxy groups -OCH3 is 1. The molecule has 0 aliphatic heterocycles. The number of ether oxygens (including phenoxy) is 1. The number of aromatic nitrogens is 2. The molecule has 0 atom stereocenters. The molecule has 6 nitrogen and oxygen atoms in total. The summed E-state index contributed by atoms with van der Waals surface area (Å²) >= 11 is 12.0. The zero-order chi connectivity index (χ0) is 22.1. The number of anilines is 2. The summed E-state index contributed by atoms with van der Waals surface area (Å²) < 4.78 is 46.7. The Labute approximate surface area is 179 Å². The number of aryl methyl sites for hydroxylation is 1. The minimum atomic E-state index is -4.66. The number of nitrogens with zero attached hydrogens (tertiary/aromatic N) is 2. The Morgan fingerprint density at radius 3 is 2.63 bits per heavy atom. The van der Waals surface area contributed by atoms with Gasteiger partial charge in [-0.25, -0.2) is 9.78 Å². The van der Waals surface area contributed by atoms with Gasteiger partial charge in [-0.15, -0.1) is 0 Å². The van der Waals surface area contributed by atoms with E-state index in [1.54, 1.807) is 0 Å². The first-order valence-electron chi connectivity index (χ1n) is 8.69. The molecule has 0 saturated carbocycles. The highest BCUT2D eigenvalue weighted by molar-refractivity contribution is 6.35. The van der Waals surface area contributed by atoms with Crippen LogP contribution in [0.5, 0.6) is 0 Å². The van der Waals surface area contributed by atoms with Gasteiger partial charge in [-0.05, 0) is 36.8 Å². The number of esters is 1. The molecule has 2 aromatic carbocycles. The van der Waals surface area contributed by atoms with E-state index in [0.29, 0.717) is 0 Å². The number of fused-ring (bicyclic) bond motifs is 1. The van der Waals surface area contributed by atoms with Crippen molar-refractivity contribution >= 4 is 51.8 Å². The molecule has 30 heavy (non-hydrogen) atoms. The van der Waals surface area contributed by atoms with Gasteiger partial charge in [0.05, 0.1) is 34.5 Å². The number of carbonyl (C=O) groups excluding carboxylic acids is 1. The fraction of sp³-hybridized carbons (Fsp3) is 0.263. The van der Waals surface area contributed by atoms with Crippen molar-refractivity contribution in [1.29, 1.82) is 0 Å². The van der Waals surface area contributed by atoms with E-state index in [1.165, 1.54) is 35.9 Å². The first-order valence-corrected chi connectivity index (χ1v) is 9.44. The van der Waals surface area contributed by atoms with Crippen molar-refractivity contribution < 1.29 is 27.8 Å². The fourth-order valence-electron chi connectivity index (χ4n) is 3.00. The molecular weight excluding hydrogens is 446 g/mol. The molecule has 3 rings (SSSR count). The number of hydrogen-bond donors (Lipinski definition) is 2. The highest BCUT2D eigenvalue weighted by atomic mass is 35.5. The number of carbonyl (C=O) groups is 1. The molecule has 1 aromatic heterocycles. The standard InChI is InChI=1S/C19H16Cl2F3N3O3/c1-30-17(29)11-4-5-13(21)15-16(11)27(7-2-8-28)18(26-15)25-14-6-3-10(20)9-12(14)19(22,23)24/h3-6,9,28H,2,7-8H2,1H3,(H,25,26). The van der Waals surface area contributed by atoms with Crippen LogP contribution in [-0.4, -0.2) is 34.3 Å². The second-order valence-corrected chi connectivity index (χ2v) is 7.10. The highest BCUT2D eigenvalue weighted by Gasteiger charge is 2.34. The Morgan fingerprint density at radius 2 is 2.00 bits per heavy atom. The molecule has 0 spiro atoms. The number of halogens is 5. The van der Waals surface area contributed by atoms with Crippen LogP contribution < -0.4 is 5.32 Å². The smallest absolute Gasteiger partial charge is 0.418 e. The van der Waals surface area contributed by atoms with Gasteiger partial charge in [-0.3, -0.25) is 0 Å². The summed E-state index contributed by atoms with van der Waals surface area (Å²) in [4.78, 5) is 16.5. The van der Waals surface area contributed by atoms with Crippen LogP contribution in [-0.2, 0) is 17.5 Å². The Morgan fingerprint density at radius 1 is 1.27 bits per heavy atom. The van der Waals surface area contributed by atoms with E-state index in [1.807, 2.05) is 0 Å². The normalized spacial score (nSPS) is 11.7. The fourth-order valence-corrected chi connectivity index (χ4v) is 3.37. The molecule has 0 amide bonds. The van der Waals surface area contributed by atoms with Crippen molar-refractivity contribution in [3.8, 4) is 0 Å². The number of rotatable bonds is 6. The van der Waals surface area contributed by atoms with Gasteiger partial charge in [0.1, 0.15) is 5.52 Å². The third kappa shape index (κ3) is 4.33. The quantitative estimate of drug-likeness (QED) is 0.488. The van der Waals surface area contributed by atoms with Gasteiger partial charge in [0.25, 0.3) is 0 Å². The van der Waals surface area contributed by atoms with Crippen molar-refractivity contribution in [1.82, 2.24) is 9.55 Å². The molecule has 0 saturated heterocycles. The number of alkyl halides is 3. The van der Waals surface area contributed by atoms with Crippen LogP contribution in [0.3, 0.4) is 0 Å². The monoisotopic (exact) mass is 461 g/mol. The highest BCUT2D eigenvalue weighted by Crippen LogP contribution is 2.38. The number of aliphatic hydroxyl groups excluding tert-OH is 1. The second kappa shape index (κ2) is 8.71. The molecule has 0 radical (unpaired) electrons. The van der Waals surface area contributed by atoms with Crippen LogP contribution in [0.15, 0.2) is 30.3 Å². The van der Waals surface area contributed by atoms with E-state index in [2.05, 4.69) is 10.3 Å². The van der Waals surface area contributed by atoms with Gasteiger partial charge in [-0.2, -0.15) is 13.2 Å². The van der Waals surface area contributed by atoms with Crippen molar-refractivity contribution in [2.24, 2.45) is 0 Å². The first-order chi connectivity index (χ1) is 14.2. The molecule has 0 unspecified atom stereocenters. The van der Waals surface area contributed by atoms with Gasteiger partial charge >= 0.3 is 12.1 Å². The van der Waals surface area contributed by atoms with Crippen molar-refractivity contribution in [3.63, 3.8) is 0 Å². The summed E-state index contributed by atoms with van der Waals surface area (Å²) in [5.41, 5.74) is -0.615. The second-order valence-electron chi connectivity index (χ2n) is 6.26. The van der Waals surface area contributed by atoms with Gasteiger partial charge in [0.15, 0.2) is 0 Å². The first kappa shape index (κ1) is 22.2. The van der Waals surface area contributed by atoms with Crippen molar-refractivity contribution in [2.75, 3.05) is 19.0 Å². The largest absolute Gasteiger partial charge is 0.465 e. The lowest BCUT2D eigenvalue weighted by molar-refractivity contribution is -0.136. The number of imidazole rings is 1. The van der Waals surface area contributed by atoms with Gasteiger partial charge in [0.2, 0.25) is 5.95 Å². The van der Waals surface area contributed by atoms with Crippen molar-refractivity contribution in [3.05, 3.63) is 51.5 Å². The average Bonchev–Trinajstić information content (AvgIpc) is 3.05. The lowest BCUT2D eigenvalue weighted by atomic mass is 10.1. The maximum Gasteiger partial charge on any atom is 0.418 e. The van der Waals surface area contributed by atoms with E-state index < -0.39 is 17.7 Å². The number of aliphatic hydroxyl groups is 1. The van der Waals surface area contributed by atoms with E-state index in [9.17, 15) is 23.1 Å². The van der Waals surface area contributed by atoms with E-state index in [0.717, 1.165) is 6.07 Å². The predicted octanol–water partition coefficient (Wildman–Crippen LogP) is 5.27. The maximum absolute atomic E-state index is 13.5. The van der Waals surface area contributed by atoms with E-state index in [-0.39, 0.29) is 57.9 Å². The Hall–Kier alpha value is -2.49. The molecule has 0 bridgehead atoms. The minimum Gasteiger partial charge on any atom is -0.465 e. The van der Waals surface area contributed by atoms with Crippen LogP contribution >= 0.6 is 23.2 Å². The van der Waals surface area contributed by atoms with Gasteiger partial charge < -0.3 is 19.7 Å². The zero-order valence-electron chi connectivity index (χ0n) is 15.6. The molecule has 0 aliphatic carbocycles. The van der Waals surface area contributed by atoms with Gasteiger partial charge in [0, 0.05) is 18.2 Å². The predicted molar refractivity (Wildman–Crippen MR) is 108 cm³/mol. The summed E-state index contributed by atoms with van der Waals surface area (Å²) in [6.45, 7) is -0.0173. The maximum atomic E-state index is 13.5.